The van der Waals surface area contributed by atoms with E-state index in [-0.39, 0.29) is 18.6 Å². The Morgan fingerprint density at radius 2 is 1.92 bits per heavy atom. The van der Waals surface area contributed by atoms with Gasteiger partial charge in [0.25, 0.3) is 5.91 Å². The SMILES string of the molecule is Cc1cccc(CCCNc2ccc(C(=O)NC(C)CO)cc2)c1. The first-order chi connectivity index (χ1) is 11.6. The second kappa shape index (κ2) is 9.08. The number of nitrogens with one attached hydrogen (secondary N) is 2. The van der Waals surface area contributed by atoms with Crippen LogP contribution in [-0.4, -0.2) is 30.2 Å². The highest BCUT2D eigenvalue weighted by molar-refractivity contribution is 5.94. The lowest BCUT2D eigenvalue weighted by molar-refractivity contribution is 0.0922. The molecule has 0 spiro atoms. The highest BCUT2D eigenvalue weighted by Crippen LogP contribution is 2.11. The van der Waals surface area contributed by atoms with Gasteiger partial charge in [-0.15, -0.1) is 0 Å². The molecule has 0 radical (unpaired) electrons. The number of aryl methyl sites for hydroxylation is 2. The van der Waals surface area contributed by atoms with Crippen molar-refractivity contribution in [2.45, 2.75) is 32.7 Å². The molecule has 0 aliphatic heterocycles. The van der Waals surface area contributed by atoms with Crippen molar-refractivity contribution in [2.75, 3.05) is 18.5 Å². The van der Waals surface area contributed by atoms with Crippen LogP contribution in [-0.2, 0) is 6.42 Å². The molecule has 1 unspecified atom stereocenters. The van der Waals surface area contributed by atoms with Crippen LogP contribution < -0.4 is 10.6 Å². The summed E-state index contributed by atoms with van der Waals surface area (Å²) in [6, 6.07) is 15.8. The Morgan fingerprint density at radius 3 is 2.58 bits per heavy atom. The predicted octanol–water partition coefficient (Wildman–Crippen LogP) is 3.15. The third-order valence-corrected chi connectivity index (χ3v) is 3.85. The van der Waals surface area contributed by atoms with Crippen molar-refractivity contribution >= 4 is 11.6 Å². The lowest BCUT2D eigenvalue weighted by Gasteiger charge is -2.11. The fourth-order valence-corrected chi connectivity index (χ4v) is 2.49. The van der Waals surface area contributed by atoms with Crippen molar-refractivity contribution in [3.05, 3.63) is 65.2 Å². The predicted molar refractivity (Wildman–Crippen MR) is 98.4 cm³/mol. The van der Waals surface area contributed by atoms with E-state index < -0.39 is 0 Å². The van der Waals surface area contributed by atoms with E-state index in [2.05, 4.69) is 41.8 Å². The molecule has 0 fully saturated rings. The van der Waals surface area contributed by atoms with E-state index in [0.717, 1.165) is 25.1 Å². The van der Waals surface area contributed by atoms with Gasteiger partial charge in [-0.2, -0.15) is 0 Å². The molecule has 1 amide bonds. The number of hydrogen-bond acceptors (Lipinski definition) is 3. The summed E-state index contributed by atoms with van der Waals surface area (Å²) >= 11 is 0. The van der Waals surface area contributed by atoms with Crippen LogP contribution in [0.15, 0.2) is 48.5 Å². The standard InChI is InChI=1S/C20H26N2O2/c1-15-5-3-6-17(13-15)7-4-12-21-19-10-8-18(9-11-19)20(24)22-16(2)14-23/h3,5-6,8-11,13,16,21,23H,4,7,12,14H2,1-2H3,(H,22,24). The monoisotopic (exact) mass is 326 g/mol. The van der Waals surface area contributed by atoms with Gasteiger partial charge >= 0.3 is 0 Å². The van der Waals surface area contributed by atoms with Crippen LogP contribution in [0.5, 0.6) is 0 Å². The van der Waals surface area contributed by atoms with Gasteiger partial charge in [0.05, 0.1) is 6.61 Å². The number of amides is 1. The first kappa shape index (κ1) is 18.0. The maximum atomic E-state index is 11.9. The minimum Gasteiger partial charge on any atom is -0.394 e. The number of carbonyl (C=O) groups excluding carboxylic acids is 1. The fourth-order valence-electron chi connectivity index (χ4n) is 2.49. The lowest BCUT2D eigenvalue weighted by atomic mass is 10.1. The van der Waals surface area contributed by atoms with E-state index >= 15 is 0 Å². The third-order valence-electron chi connectivity index (χ3n) is 3.85. The molecule has 0 aliphatic rings. The fraction of sp³-hybridized carbons (Fsp3) is 0.350. The smallest absolute Gasteiger partial charge is 0.251 e. The second-order valence-corrected chi connectivity index (χ2v) is 6.15. The Hall–Kier alpha value is -2.33. The normalized spacial score (nSPS) is 11.8. The van der Waals surface area contributed by atoms with E-state index in [0.29, 0.717) is 5.56 Å². The molecule has 0 saturated carbocycles. The van der Waals surface area contributed by atoms with Gasteiger partial charge in [0, 0.05) is 23.8 Å². The van der Waals surface area contributed by atoms with E-state index in [1.807, 2.05) is 12.1 Å². The summed E-state index contributed by atoms with van der Waals surface area (Å²) in [6.45, 7) is 4.70. The molecule has 128 valence electrons. The molecule has 24 heavy (non-hydrogen) atoms. The summed E-state index contributed by atoms with van der Waals surface area (Å²) in [5.74, 6) is -0.164. The second-order valence-electron chi connectivity index (χ2n) is 6.15. The van der Waals surface area contributed by atoms with Crippen LogP contribution in [0.4, 0.5) is 5.69 Å². The number of aliphatic hydroxyl groups excluding tert-OH is 1. The van der Waals surface area contributed by atoms with Crippen molar-refractivity contribution < 1.29 is 9.90 Å². The van der Waals surface area contributed by atoms with Crippen LogP contribution in [0, 0.1) is 6.92 Å². The lowest BCUT2D eigenvalue weighted by Crippen LogP contribution is -2.34. The van der Waals surface area contributed by atoms with Crippen LogP contribution in [0.2, 0.25) is 0 Å². The van der Waals surface area contributed by atoms with Gasteiger partial charge in [-0.05, 0) is 56.5 Å². The van der Waals surface area contributed by atoms with Crippen LogP contribution in [0.25, 0.3) is 0 Å². The van der Waals surface area contributed by atoms with Gasteiger partial charge in [0.2, 0.25) is 0 Å². The Labute approximate surface area is 143 Å². The molecule has 0 aliphatic carbocycles. The largest absolute Gasteiger partial charge is 0.394 e. The van der Waals surface area contributed by atoms with Gasteiger partial charge in [-0.25, -0.2) is 0 Å². The quantitative estimate of drug-likeness (QED) is 0.653. The third kappa shape index (κ3) is 5.70. The Balaban J connectivity index is 1.76. The number of rotatable bonds is 8. The molecule has 2 aromatic carbocycles. The van der Waals surface area contributed by atoms with Crippen LogP contribution in [0.3, 0.4) is 0 Å². The van der Waals surface area contributed by atoms with Gasteiger partial charge in [0.15, 0.2) is 0 Å². The summed E-state index contributed by atoms with van der Waals surface area (Å²) in [4.78, 5) is 11.9. The molecule has 0 bridgehead atoms. The first-order valence-electron chi connectivity index (χ1n) is 8.39. The topological polar surface area (TPSA) is 61.4 Å². The summed E-state index contributed by atoms with van der Waals surface area (Å²) in [5, 5.41) is 15.1. The van der Waals surface area contributed by atoms with E-state index in [1.54, 1.807) is 19.1 Å². The molecule has 3 N–H and O–H groups in total. The van der Waals surface area contributed by atoms with Crippen molar-refractivity contribution in [1.82, 2.24) is 5.32 Å². The number of carbonyl (C=O) groups is 1. The number of hydrogen-bond donors (Lipinski definition) is 3. The number of anilines is 1. The highest BCUT2D eigenvalue weighted by Gasteiger charge is 2.08. The molecular formula is C20H26N2O2. The maximum Gasteiger partial charge on any atom is 0.251 e. The maximum absolute atomic E-state index is 11.9. The minimum atomic E-state index is -0.239. The van der Waals surface area contributed by atoms with Crippen LogP contribution in [0.1, 0.15) is 34.8 Å². The summed E-state index contributed by atoms with van der Waals surface area (Å²) in [7, 11) is 0. The molecule has 0 saturated heterocycles. The molecule has 4 nitrogen and oxygen atoms in total. The zero-order valence-electron chi connectivity index (χ0n) is 14.4. The van der Waals surface area contributed by atoms with E-state index in [4.69, 9.17) is 5.11 Å². The molecule has 0 aromatic heterocycles. The minimum absolute atomic E-state index is 0.0632. The van der Waals surface area contributed by atoms with Crippen molar-refractivity contribution in [1.29, 1.82) is 0 Å². The van der Waals surface area contributed by atoms with Crippen LogP contribution >= 0.6 is 0 Å². The van der Waals surface area contributed by atoms with E-state index in [1.165, 1.54) is 11.1 Å². The summed E-state index contributed by atoms with van der Waals surface area (Å²) in [6.07, 6.45) is 2.11. The molecule has 2 aromatic rings. The van der Waals surface area contributed by atoms with Gasteiger partial charge in [-0.1, -0.05) is 29.8 Å². The van der Waals surface area contributed by atoms with E-state index in [9.17, 15) is 4.79 Å². The Kier molecular flexibility index (Phi) is 6.82. The zero-order valence-corrected chi connectivity index (χ0v) is 14.4. The molecule has 2 rings (SSSR count). The Bertz CT molecular complexity index is 653. The zero-order chi connectivity index (χ0) is 17.4. The Morgan fingerprint density at radius 1 is 1.17 bits per heavy atom. The molecule has 4 heteroatoms. The van der Waals surface area contributed by atoms with Gasteiger partial charge in [-0.3, -0.25) is 4.79 Å². The number of aliphatic hydroxyl groups is 1. The molecule has 1 atom stereocenters. The first-order valence-corrected chi connectivity index (χ1v) is 8.39. The summed E-state index contributed by atoms with van der Waals surface area (Å²) < 4.78 is 0. The average molecular weight is 326 g/mol. The average Bonchev–Trinajstić information content (AvgIpc) is 2.59. The van der Waals surface area contributed by atoms with Crippen molar-refractivity contribution in [3.63, 3.8) is 0 Å². The molecular weight excluding hydrogens is 300 g/mol. The highest BCUT2D eigenvalue weighted by atomic mass is 16.3. The van der Waals surface area contributed by atoms with Gasteiger partial charge < -0.3 is 15.7 Å². The van der Waals surface area contributed by atoms with Crippen molar-refractivity contribution in [3.8, 4) is 0 Å². The molecule has 0 heterocycles. The summed E-state index contributed by atoms with van der Waals surface area (Å²) in [5.41, 5.74) is 4.26. The number of benzene rings is 2. The van der Waals surface area contributed by atoms with Gasteiger partial charge in [0.1, 0.15) is 0 Å². The van der Waals surface area contributed by atoms with Crippen molar-refractivity contribution in [2.24, 2.45) is 0 Å².